The summed E-state index contributed by atoms with van der Waals surface area (Å²) in [5.41, 5.74) is 5.63. The topological polar surface area (TPSA) is 29.3 Å². The van der Waals surface area contributed by atoms with Crippen LogP contribution in [0.5, 0.6) is 0 Å². The van der Waals surface area contributed by atoms with Crippen LogP contribution < -0.4 is 5.73 Å². The van der Waals surface area contributed by atoms with Gasteiger partial charge in [-0.2, -0.15) is 13.2 Å². The molecule has 2 nitrogen and oxygen atoms in total. The Labute approximate surface area is 95.0 Å². The van der Waals surface area contributed by atoms with E-state index >= 15 is 0 Å². The highest BCUT2D eigenvalue weighted by Gasteiger charge is 2.48. The molecule has 0 aromatic rings. The standard InChI is InChI=1S/C11H21F3N2/c1-3-9(15)10(11(12,13)14)16-7-5-4-6-8(16)2/h8-10H,3-7,15H2,1-2H3. The lowest BCUT2D eigenvalue weighted by atomic mass is 9.96. The molecule has 0 amide bonds. The quantitative estimate of drug-likeness (QED) is 0.818. The summed E-state index contributed by atoms with van der Waals surface area (Å²) in [7, 11) is 0. The molecule has 5 heteroatoms. The largest absolute Gasteiger partial charge is 0.405 e. The first kappa shape index (κ1) is 13.8. The lowest BCUT2D eigenvalue weighted by molar-refractivity contribution is -0.197. The van der Waals surface area contributed by atoms with E-state index in [9.17, 15) is 13.2 Å². The van der Waals surface area contributed by atoms with Crippen LogP contribution >= 0.6 is 0 Å². The maximum atomic E-state index is 13.0. The highest BCUT2D eigenvalue weighted by Crippen LogP contribution is 2.32. The fourth-order valence-electron chi connectivity index (χ4n) is 2.43. The van der Waals surface area contributed by atoms with E-state index in [0.29, 0.717) is 13.0 Å². The molecule has 0 bridgehead atoms. The van der Waals surface area contributed by atoms with Crippen molar-refractivity contribution in [3.05, 3.63) is 0 Å². The van der Waals surface area contributed by atoms with Crippen LogP contribution in [0, 0.1) is 0 Å². The van der Waals surface area contributed by atoms with Gasteiger partial charge in [-0.15, -0.1) is 0 Å². The first-order valence-corrected chi connectivity index (χ1v) is 5.96. The summed E-state index contributed by atoms with van der Waals surface area (Å²) in [6, 6.07) is -2.31. The van der Waals surface area contributed by atoms with Gasteiger partial charge in [0.25, 0.3) is 0 Å². The van der Waals surface area contributed by atoms with E-state index in [1.165, 1.54) is 4.90 Å². The number of hydrogen-bond donors (Lipinski definition) is 1. The highest BCUT2D eigenvalue weighted by molar-refractivity contribution is 4.91. The minimum absolute atomic E-state index is 0.0158. The van der Waals surface area contributed by atoms with Crippen LogP contribution in [0.15, 0.2) is 0 Å². The van der Waals surface area contributed by atoms with E-state index in [1.807, 2.05) is 6.92 Å². The van der Waals surface area contributed by atoms with Gasteiger partial charge in [0.15, 0.2) is 0 Å². The van der Waals surface area contributed by atoms with Crippen molar-refractivity contribution in [1.82, 2.24) is 4.90 Å². The molecule has 0 radical (unpaired) electrons. The fourth-order valence-corrected chi connectivity index (χ4v) is 2.43. The molecule has 0 aliphatic carbocycles. The Morgan fingerprint density at radius 3 is 2.44 bits per heavy atom. The second kappa shape index (κ2) is 5.36. The third kappa shape index (κ3) is 3.10. The normalized spacial score (nSPS) is 27.8. The molecule has 1 aliphatic rings. The first-order valence-electron chi connectivity index (χ1n) is 5.96. The zero-order valence-electron chi connectivity index (χ0n) is 9.93. The third-order valence-corrected chi connectivity index (χ3v) is 3.42. The van der Waals surface area contributed by atoms with Crippen LogP contribution in [0.2, 0.25) is 0 Å². The van der Waals surface area contributed by atoms with Crippen LogP contribution in [-0.4, -0.2) is 35.7 Å². The number of rotatable bonds is 3. The molecule has 1 aliphatic heterocycles. The lowest BCUT2D eigenvalue weighted by Gasteiger charge is -2.42. The van der Waals surface area contributed by atoms with E-state index in [2.05, 4.69) is 0 Å². The number of nitrogens with zero attached hydrogens (tertiary/aromatic N) is 1. The highest BCUT2D eigenvalue weighted by atomic mass is 19.4. The molecule has 1 heterocycles. The molecule has 0 spiro atoms. The van der Waals surface area contributed by atoms with Crippen molar-refractivity contribution in [1.29, 1.82) is 0 Å². The summed E-state index contributed by atoms with van der Waals surface area (Å²) in [5.74, 6) is 0. The average Bonchev–Trinajstić information content (AvgIpc) is 2.19. The van der Waals surface area contributed by atoms with E-state index < -0.39 is 18.3 Å². The van der Waals surface area contributed by atoms with Crippen LogP contribution in [0.3, 0.4) is 0 Å². The predicted octanol–water partition coefficient (Wildman–Crippen LogP) is 2.53. The van der Waals surface area contributed by atoms with Gasteiger partial charge in [0.05, 0.1) is 0 Å². The number of alkyl halides is 3. The summed E-state index contributed by atoms with van der Waals surface area (Å²) in [6.45, 7) is 4.08. The molecule has 2 N–H and O–H groups in total. The Morgan fingerprint density at radius 1 is 1.38 bits per heavy atom. The second-order valence-corrected chi connectivity index (χ2v) is 4.64. The summed E-state index contributed by atoms with van der Waals surface area (Å²) in [5, 5.41) is 0. The Kier molecular flexibility index (Phi) is 4.62. The van der Waals surface area contributed by atoms with Gasteiger partial charge in [-0.25, -0.2) is 0 Å². The van der Waals surface area contributed by atoms with Crippen molar-refractivity contribution in [3.8, 4) is 0 Å². The Hall–Kier alpha value is -0.290. The minimum atomic E-state index is -4.22. The summed E-state index contributed by atoms with van der Waals surface area (Å²) in [4.78, 5) is 1.54. The van der Waals surface area contributed by atoms with Gasteiger partial charge in [0.1, 0.15) is 6.04 Å². The molecule has 1 saturated heterocycles. The summed E-state index contributed by atoms with van der Waals surface area (Å²) < 4.78 is 39.0. The molecule has 3 atom stereocenters. The Morgan fingerprint density at radius 2 is 2.00 bits per heavy atom. The van der Waals surface area contributed by atoms with Crippen molar-refractivity contribution >= 4 is 0 Å². The van der Waals surface area contributed by atoms with E-state index in [-0.39, 0.29) is 6.04 Å². The number of likely N-dealkylation sites (tertiary alicyclic amines) is 1. The SMILES string of the molecule is CCC(N)C(N1CCCCC1C)C(F)(F)F. The molecule has 3 unspecified atom stereocenters. The molecule has 0 aromatic carbocycles. The third-order valence-electron chi connectivity index (χ3n) is 3.42. The molecule has 1 rings (SSSR count). The van der Waals surface area contributed by atoms with Gasteiger partial charge < -0.3 is 5.73 Å². The first-order chi connectivity index (χ1) is 7.38. The fraction of sp³-hybridized carbons (Fsp3) is 1.00. The Balaban J connectivity index is 2.82. The second-order valence-electron chi connectivity index (χ2n) is 4.64. The van der Waals surface area contributed by atoms with Gasteiger partial charge in [0, 0.05) is 12.1 Å². The van der Waals surface area contributed by atoms with Crippen molar-refractivity contribution in [2.45, 2.75) is 63.8 Å². The van der Waals surface area contributed by atoms with Crippen molar-refractivity contribution < 1.29 is 13.2 Å². The maximum Gasteiger partial charge on any atom is 0.405 e. The van der Waals surface area contributed by atoms with Gasteiger partial charge in [-0.3, -0.25) is 4.90 Å². The lowest BCUT2D eigenvalue weighted by Crippen LogP contribution is -2.59. The van der Waals surface area contributed by atoms with Crippen molar-refractivity contribution in [2.24, 2.45) is 5.73 Å². The zero-order chi connectivity index (χ0) is 12.3. The molecule has 1 fully saturated rings. The van der Waals surface area contributed by atoms with Gasteiger partial charge in [-0.1, -0.05) is 13.3 Å². The van der Waals surface area contributed by atoms with E-state index in [0.717, 1.165) is 19.3 Å². The Bertz CT molecular complexity index is 218. The van der Waals surface area contributed by atoms with Gasteiger partial charge >= 0.3 is 6.18 Å². The van der Waals surface area contributed by atoms with Crippen LogP contribution in [-0.2, 0) is 0 Å². The van der Waals surface area contributed by atoms with E-state index in [4.69, 9.17) is 5.73 Å². The molecule has 0 saturated carbocycles. The van der Waals surface area contributed by atoms with Crippen LogP contribution in [0.25, 0.3) is 0 Å². The van der Waals surface area contributed by atoms with Gasteiger partial charge in [-0.05, 0) is 32.7 Å². The molecule has 96 valence electrons. The molecule has 0 aromatic heterocycles. The predicted molar refractivity (Wildman–Crippen MR) is 58.1 cm³/mol. The smallest absolute Gasteiger partial charge is 0.326 e. The average molecular weight is 238 g/mol. The molecule has 16 heavy (non-hydrogen) atoms. The number of hydrogen-bond acceptors (Lipinski definition) is 2. The minimum Gasteiger partial charge on any atom is -0.326 e. The molecular weight excluding hydrogens is 217 g/mol. The summed E-state index contributed by atoms with van der Waals surface area (Å²) >= 11 is 0. The number of nitrogens with two attached hydrogens (primary N) is 1. The summed E-state index contributed by atoms with van der Waals surface area (Å²) in [6.07, 6.45) is -1.17. The number of halogens is 3. The maximum absolute atomic E-state index is 13.0. The van der Waals surface area contributed by atoms with Crippen molar-refractivity contribution in [3.63, 3.8) is 0 Å². The number of piperidine rings is 1. The van der Waals surface area contributed by atoms with Crippen molar-refractivity contribution in [2.75, 3.05) is 6.54 Å². The van der Waals surface area contributed by atoms with E-state index in [1.54, 1.807) is 6.92 Å². The van der Waals surface area contributed by atoms with Crippen LogP contribution in [0.1, 0.15) is 39.5 Å². The molecular formula is C11H21F3N2. The van der Waals surface area contributed by atoms with Crippen LogP contribution in [0.4, 0.5) is 13.2 Å². The zero-order valence-corrected chi connectivity index (χ0v) is 9.93. The monoisotopic (exact) mass is 238 g/mol. The van der Waals surface area contributed by atoms with Gasteiger partial charge in [0.2, 0.25) is 0 Å².